The van der Waals surface area contributed by atoms with Crippen LogP contribution in [-0.2, 0) is 13.2 Å². The summed E-state index contributed by atoms with van der Waals surface area (Å²) in [5.74, 6) is 1.21. The lowest BCUT2D eigenvalue weighted by Crippen LogP contribution is -2.16. The average molecular weight is 269 g/mol. The summed E-state index contributed by atoms with van der Waals surface area (Å²) >= 11 is 0. The number of hydrogen-bond acceptors (Lipinski definition) is 3. The molecule has 104 valence electrons. The second-order valence-corrected chi connectivity index (χ2v) is 5.22. The molecule has 0 aliphatic heterocycles. The van der Waals surface area contributed by atoms with E-state index in [1.807, 2.05) is 30.3 Å². The molecule has 3 nitrogen and oxygen atoms in total. The summed E-state index contributed by atoms with van der Waals surface area (Å²) in [5, 5.41) is 12.8. The van der Waals surface area contributed by atoms with Crippen molar-refractivity contribution in [3.8, 4) is 11.5 Å². The minimum absolute atomic E-state index is 0.280. The molecule has 3 heteroatoms. The molecule has 2 aromatic carbocycles. The molecule has 2 N–H and O–H groups in total. The Morgan fingerprint density at radius 1 is 1.05 bits per heavy atom. The SMILES string of the molecule is Oc1ccc(COc2ccccc2CNC2CC2)cc1. The van der Waals surface area contributed by atoms with Gasteiger partial charge in [0.1, 0.15) is 18.1 Å². The predicted molar refractivity (Wildman–Crippen MR) is 78.7 cm³/mol. The number of para-hydroxylation sites is 1. The molecule has 20 heavy (non-hydrogen) atoms. The van der Waals surface area contributed by atoms with Crippen LogP contribution in [0.1, 0.15) is 24.0 Å². The summed E-state index contributed by atoms with van der Waals surface area (Å²) in [6, 6.07) is 15.9. The molecule has 1 fully saturated rings. The Morgan fingerprint density at radius 2 is 1.80 bits per heavy atom. The average Bonchev–Trinajstić information content (AvgIpc) is 3.30. The monoisotopic (exact) mass is 269 g/mol. The fraction of sp³-hybridized carbons (Fsp3) is 0.294. The molecule has 0 saturated heterocycles. The third kappa shape index (κ3) is 3.52. The zero-order chi connectivity index (χ0) is 13.8. The van der Waals surface area contributed by atoms with E-state index in [1.165, 1.54) is 18.4 Å². The fourth-order valence-corrected chi connectivity index (χ4v) is 2.09. The third-order valence-corrected chi connectivity index (χ3v) is 3.46. The molecule has 1 saturated carbocycles. The van der Waals surface area contributed by atoms with Gasteiger partial charge in [0.05, 0.1) is 0 Å². The van der Waals surface area contributed by atoms with Crippen LogP contribution >= 0.6 is 0 Å². The second kappa shape index (κ2) is 5.97. The number of phenolic OH excluding ortho intramolecular Hbond substituents is 1. The molecular formula is C17H19NO2. The van der Waals surface area contributed by atoms with Crippen LogP contribution in [0.3, 0.4) is 0 Å². The molecule has 0 atom stereocenters. The van der Waals surface area contributed by atoms with Crippen LogP contribution in [0.5, 0.6) is 11.5 Å². The van der Waals surface area contributed by atoms with E-state index in [9.17, 15) is 5.11 Å². The van der Waals surface area contributed by atoms with Gasteiger partial charge in [0, 0.05) is 18.2 Å². The number of rotatable bonds is 6. The molecule has 3 rings (SSSR count). The number of benzene rings is 2. The summed E-state index contributed by atoms with van der Waals surface area (Å²) < 4.78 is 5.89. The van der Waals surface area contributed by atoms with Crippen LogP contribution in [0.15, 0.2) is 48.5 Å². The van der Waals surface area contributed by atoms with Crippen LogP contribution < -0.4 is 10.1 Å². The van der Waals surface area contributed by atoms with Crippen LogP contribution in [0.25, 0.3) is 0 Å². The van der Waals surface area contributed by atoms with Gasteiger partial charge in [-0.05, 0) is 36.6 Å². The van der Waals surface area contributed by atoms with E-state index >= 15 is 0 Å². The second-order valence-electron chi connectivity index (χ2n) is 5.22. The Labute approximate surface area is 119 Å². The molecule has 0 amide bonds. The van der Waals surface area contributed by atoms with Gasteiger partial charge in [-0.25, -0.2) is 0 Å². The number of phenols is 1. The largest absolute Gasteiger partial charge is 0.508 e. The van der Waals surface area contributed by atoms with Crippen molar-refractivity contribution in [3.05, 3.63) is 59.7 Å². The Bertz CT molecular complexity index is 561. The molecule has 1 aliphatic carbocycles. The first-order valence-corrected chi connectivity index (χ1v) is 7.03. The van der Waals surface area contributed by atoms with Crippen LogP contribution in [0.2, 0.25) is 0 Å². The standard InChI is InChI=1S/C17H19NO2/c19-16-9-5-13(6-10-16)12-20-17-4-2-1-3-14(17)11-18-15-7-8-15/h1-6,9-10,15,18-19H,7-8,11-12H2. The molecule has 0 radical (unpaired) electrons. The van der Waals surface area contributed by atoms with Crippen molar-refractivity contribution < 1.29 is 9.84 Å². The summed E-state index contributed by atoms with van der Waals surface area (Å²) in [6.07, 6.45) is 2.58. The summed E-state index contributed by atoms with van der Waals surface area (Å²) in [7, 11) is 0. The van der Waals surface area contributed by atoms with Gasteiger partial charge < -0.3 is 15.2 Å². The highest BCUT2D eigenvalue weighted by atomic mass is 16.5. The van der Waals surface area contributed by atoms with E-state index in [4.69, 9.17) is 4.74 Å². The van der Waals surface area contributed by atoms with Crippen LogP contribution in [0.4, 0.5) is 0 Å². The van der Waals surface area contributed by atoms with Gasteiger partial charge in [-0.2, -0.15) is 0 Å². The lowest BCUT2D eigenvalue weighted by molar-refractivity contribution is 0.302. The van der Waals surface area contributed by atoms with Gasteiger partial charge in [-0.15, -0.1) is 0 Å². The van der Waals surface area contributed by atoms with Crippen molar-refractivity contribution in [1.82, 2.24) is 5.32 Å². The topological polar surface area (TPSA) is 41.5 Å². The van der Waals surface area contributed by atoms with Gasteiger partial charge in [0.15, 0.2) is 0 Å². The first kappa shape index (κ1) is 13.0. The molecule has 0 bridgehead atoms. The predicted octanol–water partition coefficient (Wildman–Crippen LogP) is 3.22. The first-order valence-electron chi connectivity index (χ1n) is 7.03. The highest BCUT2D eigenvalue weighted by Crippen LogP contribution is 2.23. The van der Waals surface area contributed by atoms with Crippen molar-refractivity contribution in [1.29, 1.82) is 0 Å². The maximum absolute atomic E-state index is 9.26. The van der Waals surface area contributed by atoms with Gasteiger partial charge >= 0.3 is 0 Å². The molecule has 1 aliphatic rings. The van der Waals surface area contributed by atoms with Crippen molar-refractivity contribution in [3.63, 3.8) is 0 Å². The molecule has 0 heterocycles. The number of hydrogen-bond donors (Lipinski definition) is 2. The zero-order valence-corrected chi connectivity index (χ0v) is 11.4. The van der Waals surface area contributed by atoms with E-state index in [2.05, 4.69) is 11.4 Å². The van der Waals surface area contributed by atoms with Crippen LogP contribution in [-0.4, -0.2) is 11.1 Å². The first-order chi connectivity index (χ1) is 9.81. The molecule has 0 spiro atoms. The summed E-state index contributed by atoms with van der Waals surface area (Å²) in [6.45, 7) is 1.37. The van der Waals surface area contributed by atoms with Gasteiger partial charge in [-0.1, -0.05) is 30.3 Å². The van der Waals surface area contributed by atoms with E-state index < -0.39 is 0 Å². The normalized spacial score (nSPS) is 14.2. The Morgan fingerprint density at radius 3 is 2.55 bits per heavy atom. The van der Waals surface area contributed by atoms with Gasteiger partial charge in [0.2, 0.25) is 0 Å². The summed E-state index contributed by atoms with van der Waals surface area (Å²) in [4.78, 5) is 0. The number of nitrogens with one attached hydrogen (secondary N) is 1. The third-order valence-electron chi connectivity index (χ3n) is 3.46. The fourth-order valence-electron chi connectivity index (χ4n) is 2.09. The highest BCUT2D eigenvalue weighted by molar-refractivity contribution is 5.34. The van der Waals surface area contributed by atoms with Crippen molar-refractivity contribution in [2.45, 2.75) is 32.0 Å². The minimum atomic E-state index is 0.280. The van der Waals surface area contributed by atoms with Crippen LogP contribution in [0, 0.1) is 0 Å². The van der Waals surface area contributed by atoms with Crippen molar-refractivity contribution >= 4 is 0 Å². The lowest BCUT2D eigenvalue weighted by atomic mass is 10.2. The van der Waals surface area contributed by atoms with E-state index in [1.54, 1.807) is 12.1 Å². The Hall–Kier alpha value is -2.00. The Kier molecular flexibility index (Phi) is 3.88. The quantitative estimate of drug-likeness (QED) is 0.846. The zero-order valence-electron chi connectivity index (χ0n) is 11.4. The number of aromatic hydroxyl groups is 1. The highest BCUT2D eigenvalue weighted by Gasteiger charge is 2.20. The maximum atomic E-state index is 9.26. The Balaban J connectivity index is 1.62. The van der Waals surface area contributed by atoms with E-state index in [0.717, 1.165) is 17.9 Å². The lowest BCUT2D eigenvalue weighted by Gasteiger charge is -2.12. The van der Waals surface area contributed by atoms with Crippen molar-refractivity contribution in [2.24, 2.45) is 0 Å². The van der Waals surface area contributed by atoms with E-state index in [0.29, 0.717) is 12.6 Å². The summed E-state index contributed by atoms with van der Waals surface area (Å²) in [5.41, 5.74) is 2.24. The molecular weight excluding hydrogens is 250 g/mol. The maximum Gasteiger partial charge on any atom is 0.124 e. The van der Waals surface area contributed by atoms with Crippen molar-refractivity contribution in [2.75, 3.05) is 0 Å². The molecule has 2 aromatic rings. The van der Waals surface area contributed by atoms with E-state index in [-0.39, 0.29) is 5.75 Å². The van der Waals surface area contributed by atoms with Gasteiger partial charge in [-0.3, -0.25) is 0 Å². The molecule has 0 aromatic heterocycles. The van der Waals surface area contributed by atoms with Gasteiger partial charge in [0.25, 0.3) is 0 Å². The molecule has 0 unspecified atom stereocenters. The smallest absolute Gasteiger partial charge is 0.124 e. The number of ether oxygens (including phenoxy) is 1. The minimum Gasteiger partial charge on any atom is -0.508 e.